The number of nitrogens with zero attached hydrogens (tertiary/aromatic N) is 1. The molecule has 0 spiro atoms. The van der Waals surface area contributed by atoms with E-state index in [2.05, 4.69) is 19.2 Å². The molecule has 0 saturated carbocycles. The zero-order valence-electron chi connectivity index (χ0n) is 13.0. The molecule has 1 fully saturated rings. The van der Waals surface area contributed by atoms with Gasteiger partial charge in [0.05, 0.1) is 28.8 Å². The van der Waals surface area contributed by atoms with Crippen LogP contribution < -0.4 is 10.2 Å². The topological polar surface area (TPSA) is 66.5 Å². The van der Waals surface area contributed by atoms with Crippen LogP contribution in [0.1, 0.15) is 20.3 Å². The standard InChI is InChI=1S/C16H22N2O3S/c1-11(2)14-9-18(15-6-4-3-5-13(15)17-14)16(19)12-7-8-22(20,21)10-12/h3-6,11-12,14,17H,7-10H2,1-2H3. The molecule has 1 aromatic rings. The molecule has 2 aliphatic heterocycles. The molecule has 2 atom stereocenters. The lowest BCUT2D eigenvalue weighted by Gasteiger charge is -2.38. The van der Waals surface area contributed by atoms with Gasteiger partial charge < -0.3 is 10.2 Å². The van der Waals surface area contributed by atoms with Gasteiger partial charge in [0.25, 0.3) is 0 Å². The first kappa shape index (κ1) is 15.3. The predicted octanol–water partition coefficient (Wildman–Crippen LogP) is 1.90. The van der Waals surface area contributed by atoms with E-state index in [1.165, 1.54) is 0 Å². The fraction of sp³-hybridized carbons (Fsp3) is 0.562. The fourth-order valence-electron chi connectivity index (χ4n) is 3.17. The average Bonchev–Trinajstić information content (AvgIpc) is 2.85. The SMILES string of the molecule is CC(C)C1CN(C(=O)C2CCS(=O)(=O)C2)c2ccccc2N1. The number of para-hydroxylation sites is 2. The van der Waals surface area contributed by atoms with Crippen LogP contribution in [0, 0.1) is 11.8 Å². The van der Waals surface area contributed by atoms with Crippen molar-refractivity contribution in [3.63, 3.8) is 0 Å². The van der Waals surface area contributed by atoms with Crippen molar-refractivity contribution < 1.29 is 13.2 Å². The Balaban J connectivity index is 1.90. The number of sulfone groups is 1. The van der Waals surface area contributed by atoms with E-state index < -0.39 is 15.8 Å². The molecule has 120 valence electrons. The molecule has 1 saturated heterocycles. The lowest BCUT2D eigenvalue weighted by molar-refractivity contribution is -0.121. The van der Waals surface area contributed by atoms with Crippen LogP contribution in [0.2, 0.25) is 0 Å². The molecule has 5 nitrogen and oxygen atoms in total. The van der Waals surface area contributed by atoms with Gasteiger partial charge in [0.15, 0.2) is 9.84 Å². The molecule has 22 heavy (non-hydrogen) atoms. The van der Waals surface area contributed by atoms with Crippen molar-refractivity contribution in [1.82, 2.24) is 0 Å². The molecule has 2 unspecified atom stereocenters. The number of carbonyl (C=O) groups is 1. The van der Waals surface area contributed by atoms with Crippen LogP contribution >= 0.6 is 0 Å². The van der Waals surface area contributed by atoms with Crippen LogP contribution in [0.4, 0.5) is 11.4 Å². The number of fused-ring (bicyclic) bond motifs is 1. The van der Waals surface area contributed by atoms with Gasteiger partial charge in [-0.15, -0.1) is 0 Å². The summed E-state index contributed by atoms with van der Waals surface area (Å²) >= 11 is 0. The second kappa shape index (κ2) is 5.57. The third-order valence-corrected chi connectivity index (χ3v) is 6.34. The number of benzene rings is 1. The van der Waals surface area contributed by atoms with Crippen molar-refractivity contribution in [2.75, 3.05) is 28.3 Å². The zero-order valence-corrected chi connectivity index (χ0v) is 13.8. The normalized spacial score (nSPS) is 26.6. The molecule has 0 bridgehead atoms. The van der Waals surface area contributed by atoms with Crippen LogP contribution in [0.15, 0.2) is 24.3 Å². The van der Waals surface area contributed by atoms with Crippen LogP contribution in [-0.4, -0.2) is 38.4 Å². The highest BCUT2D eigenvalue weighted by atomic mass is 32.2. The number of amides is 1. The molecule has 0 radical (unpaired) electrons. The van der Waals surface area contributed by atoms with Crippen molar-refractivity contribution in [3.05, 3.63) is 24.3 Å². The predicted molar refractivity (Wildman–Crippen MR) is 87.8 cm³/mol. The Kier molecular flexibility index (Phi) is 3.89. The molecular weight excluding hydrogens is 300 g/mol. The van der Waals surface area contributed by atoms with Crippen molar-refractivity contribution in [2.45, 2.75) is 26.3 Å². The van der Waals surface area contributed by atoms with E-state index >= 15 is 0 Å². The third-order valence-electron chi connectivity index (χ3n) is 4.57. The maximum absolute atomic E-state index is 12.9. The Bertz CT molecular complexity index is 684. The number of rotatable bonds is 2. The Morgan fingerprint density at radius 3 is 2.68 bits per heavy atom. The molecule has 2 heterocycles. The lowest BCUT2D eigenvalue weighted by atomic mass is 9.98. The van der Waals surface area contributed by atoms with Gasteiger partial charge in [0, 0.05) is 12.6 Å². The van der Waals surface area contributed by atoms with E-state index in [0.29, 0.717) is 18.9 Å². The Morgan fingerprint density at radius 1 is 1.32 bits per heavy atom. The molecule has 3 rings (SSSR count). The van der Waals surface area contributed by atoms with Crippen molar-refractivity contribution in [2.24, 2.45) is 11.8 Å². The largest absolute Gasteiger partial charge is 0.379 e. The zero-order chi connectivity index (χ0) is 15.9. The fourth-order valence-corrected chi connectivity index (χ4v) is 4.90. The van der Waals surface area contributed by atoms with Crippen LogP contribution in [0.3, 0.4) is 0 Å². The van der Waals surface area contributed by atoms with E-state index in [0.717, 1.165) is 11.4 Å². The van der Waals surface area contributed by atoms with Gasteiger partial charge in [-0.1, -0.05) is 26.0 Å². The molecule has 0 aliphatic carbocycles. The first-order valence-corrected chi connectivity index (χ1v) is 9.57. The van der Waals surface area contributed by atoms with Gasteiger partial charge in [-0.05, 0) is 24.5 Å². The molecule has 1 aromatic carbocycles. The minimum Gasteiger partial charge on any atom is -0.379 e. The van der Waals surface area contributed by atoms with Gasteiger partial charge >= 0.3 is 0 Å². The Hall–Kier alpha value is -1.56. The smallest absolute Gasteiger partial charge is 0.231 e. The first-order chi connectivity index (χ1) is 10.4. The van der Waals surface area contributed by atoms with Gasteiger partial charge in [-0.3, -0.25) is 4.79 Å². The summed E-state index contributed by atoms with van der Waals surface area (Å²) in [7, 11) is -3.05. The molecule has 6 heteroatoms. The van der Waals surface area contributed by atoms with Gasteiger partial charge in [0.1, 0.15) is 0 Å². The summed E-state index contributed by atoms with van der Waals surface area (Å²) < 4.78 is 23.3. The van der Waals surface area contributed by atoms with E-state index in [1.807, 2.05) is 24.3 Å². The summed E-state index contributed by atoms with van der Waals surface area (Å²) in [5, 5.41) is 3.48. The number of anilines is 2. The maximum Gasteiger partial charge on any atom is 0.231 e. The monoisotopic (exact) mass is 322 g/mol. The summed E-state index contributed by atoms with van der Waals surface area (Å²) in [6.07, 6.45) is 0.444. The number of nitrogens with one attached hydrogen (secondary N) is 1. The van der Waals surface area contributed by atoms with Gasteiger partial charge in [-0.2, -0.15) is 0 Å². The van der Waals surface area contributed by atoms with Crippen LogP contribution in [-0.2, 0) is 14.6 Å². The first-order valence-electron chi connectivity index (χ1n) is 7.75. The van der Waals surface area contributed by atoms with Crippen LogP contribution in [0.25, 0.3) is 0 Å². The quantitative estimate of drug-likeness (QED) is 0.903. The Labute approximate surface area is 131 Å². The van der Waals surface area contributed by atoms with Crippen molar-refractivity contribution >= 4 is 27.1 Å². The minimum atomic E-state index is -3.05. The second-order valence-electron chi connectivity index (χ2n) is 6.56. The summed E-state index contributed by atoms with van der Waals surface area (Å²) in [6.45, 7) is 4.83. The van der Waals surface area contributed by atoms with E-state index in [1.54, 1.807) is 4.90 Å². The number of carbonyl (C=O) groups excluding carboxylic acids is 1. The highest BCUT2D eigenvalue weighted by molar-refractivity contribution is 7.91. The van der Waals surface area contributed by atoms with E-state index in [-0.39, 0.29) is 23.5 Å². The second-order valence-corrected chi connectivity index (χ2v) is 8.79. The summed E-state index contributed by atoms with van der Waals surface area (Å²) in [6, 6.07) is 7.91. The number of hydrogen-bond donors (Lipinski definition) is 1. The van der Waals surface area contributed by atoms with Crippen molar-refractivity contribution in [1.29, 1.82) is 0 Å². The lowest BCUT2D eigenvalue weighted by Crippen LogP contribution is -2.49. The molecule has 2 aliphatic rings. The molecule has 1 amide bonds. The van der Waals surface area contributed by atoms with Gasteiger partial charge in [-0.25, -0.2) is 8.42 Å². The highest BCUT2D eigenvalue weighted by Crippen LogP contribution is 2.34. The summed E-state index contributed by atoms with van der Waals surface area (Å²) in [5.74, 6) is 0.0512. The summed E-state index contributed by atoms with van der Waals surface area (Å²) in [5.41, 5.74) is 1.80. The molecule has 0 aromatic heterocycles. The molecule has 1 N–H and O–H groups in total. The Morgan fingerprint density at radius 2 is 2.05 bits per heavy atom. The van der Waals surface area contributed by atoms with E-state index in [4.69, 9.17) is 0 Å². The summed E-state index contributed by atoms with van der Waals surface area (Å²) in [4.78, 5) is 14.6. The number of hydrogen-bond acceptors (Lipinski definition) is 4. The van der Waals surface area contributed by atoms with E-state index in [9.17, 15) is 13.2 Å². The third kappa shape index (κ3) is 2.84. The van der Waals surface area contributed by atoms with Crippen LogP contribution in [0.5, 0.6) is 0 Å². The highest BCUT2D eigenvalue weighted by Gasteiger charge is 2.38. The average molecular weight is 322 g/mol. The minimum absolute atomic E-state index is 0.00965. The van der Waals surface area contributed by atoms with Crippen molar-refractivity contribution in [3.8, 4) is 0 Å². The maximum atomic E-state index is 12.9. The molecular formula is C16H22N2O3S. The van der Waals surface area contributed by atoms with Gasteiger partial charge in [0.2, 0.25) is 5.91 Å².